The van der Waals surface area contributed by atoms with E-state index in [-0.39, 0.29) is 34.4 Å². The highest BCUT2D eigenvalue weighted by molar-refractivity contribution is 5.86. The third-order valence-corrected chi connectivity index (χ3v) is 3.75. The van der Waals surface area contributed by atoms with Gasteiger partial charge >= 0.3 is 12.1 Å². The van der Waals surface area contributed by atoms with Crippen LogP contribution in [0.3, 0.4) is 0 Å². The lowest BCUT2D eigenvalue weighted by Crippen LogP contribution is -2.27. The van der Waals surface area contributed by atoms with E-state index in [9.17, 15) is 23.1 Å². The van der Waals surface area contributed by atoms with Gasteiger partial charge in [-0.25, -0.2) is 14.8 Å². The lowest BCUT2D eigenvalue weighted by Gasteiger charge is -2.20. The van der Waals surface area contributed by atoms with Crippen LogP contribution in [0.1, 0.15) is 36.8 Å². The third-order valence-electron chi connectivity index (χ3n) is 3.75. The van der Waals surface area contributed by atoms with E-state index in [1.807, 2.05) is 20.8 Å². The maximum atomic E-state index is 13.1. The normalized spacial score (nSPS) is 12.1. The number of anilines is 1. The summed E-state index contributed by atoms with van der Waals surface area (Å²) in [5.74, 6) is -0.734. The fraction of sp³-hybridized carbons (Fsp3) is 0.263. The first-order valence-electron chi connectivity index (χ1n) is 8.56. The van der Waals surface area contributed by atoms with Crippen LogP contribution >= 0.6 is 0 Å². The Bertz CT molecular complexity index is 1050. The predicted octanol–water partition coefficient (Wildman–Crippen LogP) is 4.26. The van der Waals surface area contributed by atoms with Crippen LogP contribution < -0.4 is 5.32 Å². The molecule has 2 heterocycles. The highest BCUT2D eigenvalue weighted by atomic mass is 19.4. The predicted molar refractivity (Wildman–Crippen MR) is 99.9 cm³/mol. The van der Waals surface area contributed by atoms with Gasteiger partial charge in [-0.3, -0.25) is 4.57 Å². The van der Waals surface area contributed by atoms with E-state index in [4.69, 9.17) is 0 Å². The number of hydrogen-bond acceptors (Lipinski definition) is 5. The molecule has 7 nitrogen and oxygen atoms in total. The maximum Gasteiger partial charge on any atom is 0.416 e. The fourth-order valence-corrected chi connectivity index (χ4v) is 2.58. The number of aromatic nitrogens is 4. The summed E-state index contributed by atoms with van der Waals surface area (Å²) in [5.41, 5.74) is -1.40. The van der Waals surface area contributed by atoms with Crippen LogP contribution in [0.4, 0.5) is 19.1 Å². The molecule has 3 aromatic rings. The van der Waals surface area contributed by atoms with Crippen LogP contribution in [0, 0.1) is 0 Å². The summed E-state index contributed by atoms with van der Waals surface area (Å²) >= 11 is 0. The van der Waals surface area contributed by atoms with Crippen molar-refractivity contribution in [3.8, 4) is 17.2 Å². The Morgan fingerprint density at radius 1 is 1.14 bits per heavy atom. The van der Waals surface area contributed by atoms with E-state index >= 15 is 0 Å². The molecule has 0 aliphatic carbocycles. The molecule has 0 spiro atoms. The van der Waals surface area contributed by atoms with Gasteiger partial charge in [-0.1, -0.05) is 12.1 Å². The van der Waals surface area contributed by atoms with Gasteiger partial charge in [-0.2, -0.15) is 18.2 Å². The Morgan fingerprint density at radius 3 is 2.48 bits per heavy atom. The van der Waals surface area contributed by atoms with Gasteiger partial charge in [0.25, 0.3) is 0 Å². The molecule has 0 aliphatic heterocycles. The number of nitrogens with zero attached hydrogens (tertiary/aromatic N) is 4. The zero-order valence-corrected chi connectivity index (χ0v) is 15.8. The lowest BCUT2D eigenvalue weighted by molar-refractivity contribution is -0.137. The van der Waals surface area contributed by atoms with Crippen molar-refractivity contribution in [2.75, 3.05) is 5.32 Å². The molecule has 0 amide bonds. The van der Waals surface area contributed by atoms with E-state index < -0.39 is 17.7 Å². The number of nitrogens with one attached hydrogen (secondary N) is 1. The molecule has 3 rings (SSSR count). The minimum Gasteiger partial charge on any atom is -0.476 e. The summed E-state index contributed by atoms with van der Waals surface area (Å²) in [6, 6.07) is 6.03. The van der Waals surface area contributed by atoms with Crippen molar-refractivity contribution in [1.82, 2.24) is 19.5 Å². The first kappa shape index (κ1) is 20.3. The van der Waals surface area contributed by atoms with E-state index in [1.165, 1.54) is 35.2 Å². The maximum absolute atomic E-state index is 13.1. The standard InChI is InChI=1S/C19H18F3N5O2/c1-18(2,3)26-17-23-8-7-14(25-17)27-10-13(16(28)29)24-15(27)11-5-4-6-12(9-11)19(20,21)22/h4-10H,1-3H3,(H,28,29)(H,23,25,26). The first-order chi connectivity index (χ1) is 13.4. The van der Waals surface area contributed by atoms with E-state index in [2.05, 4.69) is 20.3 Å². The number of imidazole rings is 1. The molecular weight excluding hydrogens is 387 g/mol. The number of alkyl halides is 3. The topological polar surface area (TPSA) is 92.9 Å². The SMILES string of the molecule is CC(C)(C)Nc1nccc(-n2cc(C(=O)O)nc2-c2cccc(C(F)(F)F)c2)n1. The van der Waals surface area contributed by atoms with Crippen molar-refractivity contribution in [2.24, 2.45) is 0 Å². The van der Waals surface area contributed by atoms with Crippen LogP contribution in [-0.2, 0) is 6.18 Å². The number of halogens is 3. The van der Waals surface area contributed by atoms with Crippen molar-refractivity contribution in [3.05, 3.63) is 54.0 Å². The van der Waals surface area contributed by atoms with Gasteiger partial charge in [0.05, 0.1) is 5.56 Å². The Balaban J connectivity index is 2.14. The van der Waals surface area contributed by atoms with Crippen LogP contribution in [-0.4, -0.2) is 36.1 Å². The first-order valence-corrected chi connectivity index (χ1v) is 8.56. The van der Waals surface area contributed by atoms with Crippen LogP contribution in [0.5, 0.6) is 0 Å². The summed E-state index contributed by atoms with van der Waals surface area (Å²) in [7, 11) is 0. The summed E-state index contributed by atoms with van der Waals surface area (Å²) < 4.78 is 40.6. The summed E-state index contributed by atoms with van der Waals surface area (Å²) in [6.45, 7) is 5.74. The zero-order valence-electron chi connectivity index (χ0n) is 15.8. The number of hydrogen-bond donors (Lipinski definition) is 2. The average Bonchev–Trinajstić information content (AvgIpc) is 3.06. The minimum absolute atomic E-state index is 0.0221. The molecule has 0 atom stereocenters. The van der Waals surface area contributed by atoms with Gasteiger partial charge in [0.2, 0.25) is 5.95 Å². The van der Waals surface area contributed by atoms with Crippen molar-refractivity contribution in [2.45, 2.75) is 32.5 Å². The number of carboxylic acid groups (broad SMARTS) is 1. The molecule has 1 aromatic carbocycles. The molecule has 0 unspecified atom stereocenters. The smallest absolute Gasteiger partial charge is 0.416 e. The van der Waals surface area contributed by atoms with Crippen molar-refractivity contribution in [3.63, 3.8) is 0 Å². The summed E-state index contributed by atoms with van der Waals surface area (Å²) in [6.07, 6.45) is -1.87. The summed E-state index contributed by atoms with van der Waals surface area (Å²) in [5, 5.41) is 12.4. The quantitative estimate of drug-likeness (QED) is 0.674. The second-order valence-corrected chi connectivity index (χ2v) is 7.32. The molecular formula is C19H18F3N5O2. The molecule has 0 aliphatic rings. The van der Waals surface area contributed by atoms with Gasteiger partial charge in [-0.15, -0.1) is 0 Å². The van der Waals surface area contributed by atoms with Crippen LogP contribution in [0.2, 0.25) is 0 Å². The van der Waals surface area contributed by atoms with E-state index in [1.54, 1.807) is 0 Å². The average molecular weight is 405 g/mol. The fourth-order valence-electron chi connectivity index (χ4n) is 2.58. The van der Waals surface area contributed by atoms with Gasteiger partial charge < -0.3 is 10.4 Å². The molecule has 0 bridgehead atoms. The van der Waals surface area contributed by atoms with E-state index in [0.717, 1.165) is 12.1 Å². The molecule has 0 fully saturated rings. The van der Waals surface area contributed by atoms with Gasteiger partial charge in [0, 0.05) is 23.5 Å². The Labute approximate surface area is 164 Å². The Kier molecular flexibility index (Phi) is 5.04. The summed E-state index contributed by atoms with van der Waals surface area (Å²) in [4.78, 5) is 23.9. The number of benzene rings is 1. The highest BCUT2D eigenvalue weighted by Crippen LogP contribution is 2.32. The number of aromatic carboxylic acids is 1. The third kappa shape index (κ3) is 4.71. The van der Waals surface area contributed by atoms with E-state index in [0.29, 0.717) is 0 Å². The van der Waals surface area contributed by atoms with Crippen molar-refractivity contribution < 1.29 is 23.1 Å². The second-order valence-electron chi connectivity index (χ2n) is 7.32. The van der Waals surface area contributed by atoms with Gasteiger partial charge in [0.1, 0.15) is 11.6 Å². The van der Waals surface area contributed by atoms with Crippen LogP contribution in [0.15, 0.2) is 42.7 Å². The van der Waals surface area contributed by atoms with Gasteiger partial charge in [-0.05, 0) is 39.0 Å². The Morgan fingerprint density at radius 2 is 1.86 bits per heavy atom. The Hall–Kier alpha value is -3.43. The number of carboxylic acids is 1. The molecule has 10 heteroatoms. The molecule has 152 valence electrons. The molecule has 2 N–H and O–H groups in total. The van der Waals surface area contributed by atoms with Gasteiger partial charge in [0.15, 0.2) is 5.69 Å². The zero-order chi connectivity index (χ0) is 21.4. The molecule has 2 aromatic heterocycles. The van der Waals surface area contributed by atoms with Crippen LogP contribution in [0.25, 0.3) is 17.2 Å². The molecule has 29 heavy (non-hydrogen) atoms. The monoisotopic (exact) mass is 405 g/mol. The molecule has 0 radical (unpaired) electrons. The molecule has 0 saturated heterocycles. The van der Waals surface area contributed by atoms with Crippen molar-refractivity contribution in [1.29, 1.82) is 0 Å². The second kappa shape index (κ2) is 7.19. The highest BCUT2D eigenvalue weighted by Gasteiger charge is 2.31. The number of carbonyl (C=O) groups is 1. The minimum atomic E-state index is -4.54. The lowest BCUT2D eigenvalue weighted by atomic mass is 10.1. The van der Waals surface area contributed by atoms with Crippen molar-refractivity contribution >= 4 is 11.9 Å². The largest absolute Gasteiger partial charge is 0.476 e. The molecule has 0 saturated carbocycles. The number of rotatable bonds is 4.